The van der Waals surface area contributed by atoms with E-state index in [9.17, 15) is 9.59 Å². The van der Waals surface area contributed by atoms with E-state index in [0.29, 0.717) is 10.7 Å². The molecular weight excluding hydrogens is 322 g/mol. The minimum atomic E-state index is -0.201. The minimum absolute atomic E-state index is 0.0364. The number of nitrogens with zero attached hydrogens (tertiary/aromatic N) is 1. The lowest BCUT2D eigenvalue weighted by molar-refractivity contribution is -0.123. The molecule has 2 unspecified atom stereocenters. The van der Waals surface area contributed by atoms with Crippen LogP contribution in [0.5, 0.6) is 0 Å². The molecule has 3 rings (SSSR count). The standard InChI is InChI=1S/C18H21N3O2S/c1-3-11(2)19-17(23)13-9-10-14-15(13)20-18(24-14)21-16(22)12-7-5-4-6-8-12/h4-8,11,13H,3,9-10H2,1-2H3,(H,19,23)(H,20,21,22). The van der Waals surface area contributed by atoms with Crippen LogP contribution in [0, 0.1) is 0 Å². The number of amides is 2. The van der Waals surface area contributed by atoms with Crippen LogP contribution < -0.4 is 10.6 Å². The number of anilines is 1. The van der Waals surface area contributed by atoms with Crippen LogP contribution in [0.3, 0.4) is 0 Å². The van der Waals surface area contributed by atoms with Gasteiger partial charge in [-0.25, -0.2) is 4.98 Å². The van der Waals surface area contributed by atoms with Crippen molar-refractivity contribution in [3.8, 4) is 0 Å². The van der Waals surface area contributed by atoms with Gasteiger partial charge in [-0.05, 0) is 38.3 Å². The van der Waals surface area contributed by atoms with Gasteiger partial charge in [-0.2, -0.15) is 0 Å². The fraction of sp³-hybridized carbons (Fsp3) is 0.389. The molecule has 6 heteroatoms. The van der Waals surface area contributed by atoms with Crippen molar-refractivity contribution in [3.05, 3.63) is 46.5 Å². The second-order valence-electron chi connectivity index (χ2n) is 6.06. The monoisotopic (exact) mass is 343 g/mol. The van der Waals surface area contributed by atoms with Crippen LogP contribution in [0.1, 0.15) is 53.5 Å². The highest BCUT2D eigenvalue weighted by atomic mass is 32.1. The zero-order valence-corrected chi connectivity index (χ0v) is 14.7. The highest BCUT2D eigenvalue weighted by Gasteiger charge is 2.33. The molecule has 2 amide bonds. The van der Waals surface area contributed by atoms with E-state index in [1.54, 1.807) is 12.1 Å². The second kappa shape index (κ2) is 7.13. The molecule has 1 aromatic carbocycles. The first-order valence-corrected chi connectivity index (χ1v) is 9.06. The summed E-state index contributed by atoms with van der Waals surface area (Å²) in [7, 11) is 0. The Kier molecular flexibility index (Phi) is 4.94. The number of aromatic nitrogens is 1. The normalized spacial score (nSPS) is 17.2. The Balaban J connectivity index is 1.71. The third-order valence-corrected chi connectivity index (χ3v) is 5.34. The third-order valence-electron chi connectivity index (χ3n) is 4.29. The lowest BCUT2D eigenvalue weighted by Crippen LogP contribution is -2.35. The summed E-state index contributed by atoms with van der Waals surface area (Å²) in [6.45, 7) is 4.05. The summed E-state index contributed by atoms with van der Waals surface area (Å²) < 4.78 is 0. The topological polar surface area (TPSA) is 71.1 Å². The van der Waals surface area contributed by atoms with Crippen molar-refractivity contribution in [3.63, 3.8) is 0 Å². The highest BCUT2D eigenvalue weighted by Crippen LogP contribution is 2.38. The minimum Gasteiger partial charge on any atom is -0.353 e. The van der Waals surface area contributed by atoms with Gasteiger partial charge in [-0.15, -0.1) is 11.3 Å². The average molecular weight is 343 g/mol. The van der Waals surface area contributed by atoms with Crippen LogP contribution in [0.15, 0.2) is 30.3 Å². The van der Waals surface area contributed by atoms with Crippen LogP contribution >= 0.6 is 11.3 Å². The Morgan fingerprint density at radius 3 is 2.79 bits per heavy atom. The molecular formula is C18H21N3O2S. The lowest BCUT2D eigenvalue weighted by Gasteiger charge is -2.15. The number of fused-ring (bicyclic) bond motifs is 1. The molecule has 0 bridgehead atoms. The number of benzene rings is 1. The fourth-order valence-electron chi connectivity index (χ4n) is 2.74. The van der Waals surface area contributed by atoms with Crippen molar-refractivity contribution in [2.24, 2.45) is 0 Å². The van der Waals surface area contributed by atoms with Crippen LogP contribution in [-0.2, 0) is 11.2 Å². The largest absolute Gasteiger partial charge is 0.353 e. The van der Waals surface area contributed by atoms with Crippen molar-refractivity contribution in [1.82, 2.24) is 10.3 Å². The average Bonchev–Trinajstić information content (AvgIpc) is 3.15. The van der Waals surface area contributed by atoms with Gasteiger partial charge in [0.25, 0.3) is 5.91 Å². The van der Waals surface area contributed by atoms with Crippen molar-refractivity contribution >= 4 is 28.3 Å². The zero-order chi connectivity index (χ0) is 17.1. The summed E-state index contributed by atoms with van der Waals surface area (Å²) in [4.78, 5) is 30.2. The molecule has 0 spiro atoms. The first-order chi connectivity index (χ1) is 11.6. The maximum absolute atomic E-state index is 12.4. The van der Waals surface area contributed by atoms with Gasteiger partial charge in [0.05, 0.1) is 11.6 Å². The first kappa shape index (κ1) is 16.6. The Hall–Kier alpha value is -2.21. The maximum Gasteiger partial charge on any atom is 0.257 e. The molecule has 1 aromatic heterocycles. The summed E-state index contributed by atoms with van der Waals surface area (Å²) in [5.74, 6) is -0.342. The number of rotatable bonds is 5. The van der Waals surface area contributed by atoms with Crippen LogP contribution in [-0.4, -0.2) is 22.8 Å². The van der Waals surface area contributed by atoms with E-state index in [4.69, 9.17) is 0 Å². The molecule has 2 N–H and O–H groups in total. The van der Waals surface area contributed by atoms with Crippen molar-refractivity contribution < 1.29 is 9.59 Å². The molecule has 5 nitrogen and oxygen atoms in total. The van der Waals surface area contributed by atoms with E-state index in [0.717, 1.165) is 29.8 Å². The Morgan fingerprint density at radius 2 is 2.08 bits per heavy atom. The van der Waals surface area contributed by atoms with E-state index >= 15 is 0 Å². The SMILES string of the molecule is CCC(C)NC(=O)C1CCc2sc(NC(=O)c3ccccc3)nc21. The summed E-state index contributed by atoms with van der Waals surface area (Å²) in [5, 5.41) is 6.43. The molecule has 0 radical (unpaired) electrons. The number of carbonyl (C=O) groups is 2. The fourth-order valence-corrected chi connectivity index (χ4v) is 3.77. The smallest absolute Gasteiger partial charge is 0.257 e. The van der Waals surface area contributed by atoms with Gasteiger partial charge in [-0.1, -0.05) is 25.1 Å². The van der Waals surface area contributed by atoms with Gasteiger partial charge in [0, 0.05) is 16.5 Å². The number of thiazole rings is 1. The molecule has 1 aliphatic rings. The Bertz CT molecular complexity index is 742. The van der Waals surface area contributed by atoms with Gasteiger partial charge in [0.2, 0.25) is 5.91 Å². The van der Waals surface area contributed by atoms with Crippen LogP contribution in [0.2, 0.25) is 0 Å². The molecule has 0 saturated heterocycles. The van der Waals surface area contributed by atoms with Gasteiger partial charge in [0.15, 0.2) is 5.13 Å². The molecule has 2 atom stereocenters. The molecule has 24 heavy (non-hydrogen) atoms. The summed E-state index contributed by atoms with van der Waals surface area (Å²) in [6.07, 6.45) is 2.54. The van der Waals surface area contributed by atoms with E-state index in [1.807, 2.05) is 32.0 Å². The van der Waals surface area contributed by atoms with Crippen LogP contribution in [0.25, 0.3) is 0 Å². The highest BCUT2D eigenvalue weighted by molar-refractivity contribution is 7.16. The maximum atomic E-state index is 12.4. The molecule has 0 aliphatic heterocycles. The van der Waals surface area contributed by atoms with Crippen LogP contribution in [0.4, 0.5) is 5.13 Å². The van der Waals surface area contributed by atoms with E-state index in [2.05, 4.69) is 15.6 Å². The van der Waals surface area contributed by atoms with E-state index < -0.39 is 0 Å². The summed E-state index contributed by atoms with van der Waals surface area (Å²) in [6, 6.07) is 9.21. The van der Waals surface area contributed by atoms with Crippen molar-refractivity contribution in [1.29, 1.82) is 0 Å². The number of nitrogens with one attached hydrogen (secondary N) is 2. The van der Waals surface area contributed by atoms with Gasteiger partial charge < -0.3 is 5.32 Å². The lowest BCUT2D eigenvalue weighted by atomic mass is 10.1. The van der Waals surface area contributed by atoms with Gasteiger partial charge in [-0.3, -0.25) is 14.9 Å². The number of carbonyl (C=O) groups excluding carboxylic acids is 2. The molecule has 2 aromatic rings. The number of hydrogen-bond donors (Lipinski definition) is 2. The molecule has 0 saturated carbocycles. The van der Waals surface area contributed by atoms with Gasteiger partial charge >= 0.3 is 0 Å². The second-order valence-corrected chi connectivity index (χ2v) is 7.14. The van der Waals surface area contributed by atoms with Crippen molar-refractivity contribution in [2.45, 2.75) is 45.1 Å². The van der Waals surface area contributed by atoms with Gasteiger partial charge in [0.1, 0.15) is 0 Å². The quantitative estimate of drug-likeness (QED) is 0.875. The summed E-state index contributed by atoms with van der Waals surface area (Å²) in [5.41, 5.74) is 1.42. The first-order valence-electron chi connectivity index (χ1n) is 8.24. The number of hydrogen-bond acceptors (Lipinski definition) is 4. The third kappa shape index (κ3) is 3.48. The molecule has 1 aliphatic carbocycles. The molecule has 126 valence electrons. The zero-order valence-electron chi connectivity index (χ0n) is 13.8. The number of aryl methyl sites for hydroxylation is 1. The Morgan fingerprint density at radius 1 is 1.33 bits per heavy atom. The van der Waals surface area contributed by atoms with E-state index in [-0.39, 0.29) is 23.8 Å². The Labute approximate surface area is 145 Å². The van der Waals surface area contributed by atoms with E-state index in [1.165, 1.54) is 11.3 Å². The van der Waals surface area contributed by atoms with Crippen molar-refractivity contribution in [2.75, 3.05) is 5.32 Å². The predicted octanol–water partition coefficient (Wildman–Crippen LogP) is 3.34. The molecule has 0 fully saturated rings. The molecule has 1 heterocycles. The predicted molar refractivity (Wildman–Crippen MR) is 95.5 cm³/mol. The summed E-state index contributed by atoms with van der Waals surface area (Å²) >= 11 is 1.47.